The van der Waals surface area contributed by atoms with E-state index < -0.39 is 0 Å². The average molecular weight is 263 g/mol. The predicted molar refractivity (Wildman–Crippen MR) is 77.5 cm³/mol. The molecule has 0 aromatic heterocycles. The van der Waals surface area contributed by atoms with Gasteiger partial charge in [0.2, 0.25) is 0 Å². The van der Waals surface area contributed by atoms with Crippen LogP contribution in [-0.4, -0.2) is 13.2 Å². The van der Waals surface area contributed by atoms with Crippen LogP contribution in [0.2, 0.25) is 0 Å². The minimum absolute atomic E-state index is 0.0803. The van der Waals surface area contributed by atoms with Crippen molar-refractivity contribution in [2.24, 2.45) is 0 Å². The Balaban J connectivity index is 2.56. The molecule has 0 bridgehead atoms. The largest absolute Gasteiger partial charge is 0.488 e. The van der Waals surface area contributed by atoms with Crippen LogP contribution in [-0.2, 0) is 16.7 Å². The van der Waals surface area contributed by atoms with Crippen LogP contribution < -0.4 is 10.2 Å². The van der Waals surface area contributed by atoms with Crippen molar-refractivity contribution in [1.82, 2.24) is 5.48 Å². The lowest BCUT2D eigenvalue weighted by molar-refractivity contribution is 0.0337. The van der Waals surface area contributed by atoms with Crippen molar-refractivity contribution in [2.75, 3.05) is 7.11 Å². The summed E-state index contributed by atoms with van der Waals surface area (Å²) in [6.07, 6.45) is 1.12. The van der Waals surface area contributed by atoms with Crippen molar-refractivity contribution in [2.45, 2.75) is 58.6 Å². The molecule has 1 N–H and O–H groups in total. The molecule has 1 aliphatic heterocycles. The summed E-state index contributed by atoms with van der Waals surface area (Å²) >= 11 is 0. The van der Waals surface area contributed by atoms with Crippen molar-refractivity contribution < 1.29 is 9.57 Å². The molecule has 0 saturated heterocycles. The quantitative estimate of drug-likeness (QED) is 0.846. The van der Waals surface area contributed by atoms with Gasteiger partial charge in [0.15, 0.2) is 0 Å². The van der Waals surface area contributed by atoms with Gasteiger partial charge in [-0.2, -0.15) is 5.48 Å². The first-order valence-corrected chi connectivity index (χ1v) is 7.01. The van der Waals surface area contributed by atoms with Crippen LogP contribution in [0.25, 0.3) is 0 Å². The minimum atomic E-state index is 0.0803. The first-order valence-electron chi connectivity index (χ1n) is 7.01. The number of fused-ring (bicyclic) bond motifs is 1. The molecule has 3 heteroatoms. The van der Waals surface area contributed by atoms with Crippen LogP contribution in [0.5, 0.6) is 5.75 Å². The molecule has 1 aliphatic rings. The predicted octanol–water partition coefficient (Wildman–Crippen LogP) is 3.52. The number of hydrogen-bond acceptors (Lipinski definition) is 3. The van der Waals surface area contributed by atoms with Gasteiger partial charge >= 0.3 is 0 Å². The van der Waals surface area contributed by atoms with Gasteiger partial charge < -0.3 is 9.57 Å². The average Bonchev–Trinajstić information content (AvgIpc) is 2.64. The second-order valence-electron chi connectivity index (χ2n) is 6.29. The van der Waals surface area contributed by atoms with E-state index in [0.717, 1.165) is 12.2 Å². The molecule has 2 atom stereocenters. The number of hydroxylamine groups is 1. The van der Waals surface area contributed by atoms with Crippen molar-refractivity contribution in [3.8, 4) is 5.75 Å². The zero-order chi connectivity index (χ0) is 14.2. The fourth-order valence-corrected chi connectivity index (χ4v) is 2.63. The van der Waals surface area contributed by atoms with Gasteiger partial charge in [-0.1, -0.05) is 39.8 Å². The summed E-state index contributed by atoms with van der Waals surface area (Å²) in [4.78, 5) is 5.12. The lowest BCUT2D eigenvalue weighted by Crippen LogP contribution is -2.27. The Bertz CT molecular complexity index is 463. The third kappa shape index (κ3) is 2.63. The van der Waals surface area contributed by atoms with Gasteiger partial charge in [-0.05, 0) is 24.3 Å². The van der Waals surface area contributed by atoms with E-state index in [9.17, 15) is 0 Å². The molecule has 19 heavy (non-hydrogen) atoms. The Hall–Kier alpha value is -1.06. The molecule has 0 saturated carbocycles. The first kappa shape index (κ1) is 14.4. The maximum absolute atomic E-state index is 6.09. The van der Waals surface area contributed by atoms with Gasteiger partial charge in [-0.25, -0.2) is 0 Å². The third-order valence-corrected chi connectivity index (χ3v) is 3.75. The van der Waals surface area contributed by atoms with E-state index in [1.165, 1.54) is 16.7 Å². The van der Waals surface area contributed by atoms with Gasteiger partial charge in [0.25, 0.3) is 0 Å². The zero-order valence-electron chi connectivity index (χ0n) is 12.8. The molecule has 0 radical (unpaired) electrons. The molecular weight excluding hydrogens is 238 g/mol. The number of hydrogen-bond donors (Lipinski definition) is 1. The standard InChI is InChI=1S/C16H25NO2/c1-7-11-8-12-14(17-18-6)10(2)19-15(12)13(9-11)16(3,4)5/h8-10,14,17H,7H2,1-6H3. The third-order valence-electron chi connectivity index (χ3n) is 3.75. The highest BCUT2D eigenvalue weighted by Gasteiger charge is 2.35. The Morgan fingerprint density at radius 2 is 2.00 bits per heavy atom. The second kappa shape index (κ2) is 5.14. The summed E-state index contributed by atoms with van der Waals surface area (Å²) in [5.74, 6) is 1.03. The summed E-state index contributed by atoms with van der Waals surface area (Å²) in [7, 11) is 1.65. The molecule has 0 fully saturated rings. The number of benzene rings is 1. The summed E-state index contributed by atoms with van der Waals surface area (Å²) in [5.41, 5.74) is 6.99. The van der Waals surface area contributed by atoms with E-state index in [-0.39, 0.29) is 17.6 Å². The highest BCUT2D eigenvalue weighted by molar-refractivity contribution is 5.52. The Kier molecular flexibility index (Phi) is 3.88. The molecular formula is C16H25NO2. The number of rotatable bonds is 3. The van der Waals surface area contributed by atoms with E-state index in [4.69, 9.17) is 9.57 Å². The van der Waals surface area contributed by atoms with Crippen LogP contribution in [0.1, 0.15) is 57.4 Å². The fourth-order valence-electron chi connectivity index (χ4n) is 2.63. The van der Waals surface area contributed by atoms with Crippen molar-refractivity contribution in [3.05, 3.63) is 28.8 Å². The van der Waals surface area contributed by atoms with Crippen LogP contribution in [0.4, 0.5) is 0 Å². The number of aryl methyl sites for hydroxylation is 1. The maximum Gasteiger partial charge on any atom is 0.128 e. The smallest absolute Gasteiger partial charge is 0.128 e. The molecule has 1 aromatic carbocycles. The second-order valence-corrected chi connectivity index (χ2v) is 6.29. The molecule has 1 heterocycles. The first-order chi connectivity index (χ1) is 8.88. The molecule has 3 nitrogen and oxygen atoms in total. The molecule has 2 rings (SSSR count). The van der Waals surface area contributed by atoms with Crippen LogP contribution in [0.3, 0.4) is 0 Å². The van der Waals surface area contributed by atoms with E-state index in [1.807, 2.05) is 0 Å². The maximum atomic E-state index is 6.09. The van der Waals surface area contributed by atoms with E-state index in [2.05, 4.69) is 52.2 Å². The van der Waals surface area contributed by atoms with Gasteiger partial charge in [0.05, 0.1) is 13.2 Å². The Morgan fingerprint density at radius 3 is 2.53 bits per heavy atom. The number of ether oxygens (including phenoxy) is 1. The van der Waals surface area contributed by atoms with Gasteiger partial charge in [-0.3, -0.25) is 0 Å². The van der Waals surface area contributed by atoms with Gasteiger partial charge in [0, 0.05) is 11.1 Å². The minimum Gasteiger partial charge on any atom is -0.488 e. The molecule has 0 spiro atoms. The van der Waals surface area contributed by atoms with E-state index in [1.54, 1.807) is 7.11 Å². The van der Waals surface area contributed by atoms with Crippen LogP contribution in [0, 0.1) is 0 Å². The van der Waals surface area contributed by atoms with Crippen LogP contribution in [0.15, 0.2) is 12.1 Å². The SMILES string of the molecule is CCc1cc2c(c(C(C)(C)C)c1)OC(C)C2NOC. The highest BCUT2D eigenvalue weighted by Crippen LogP contribution is 2.44. The lowest BCUT2D eigenvalue weighted by Gasteiger charge is -2.23. The Morgan fingerprint density at radius 1 is 1.32 bits per heavy atom. The topological polar surface area (TPSA) is 30.5 Å². The molecule has 1 aromatic rings. The monoisotopic (exact) mass is 263 g/mol. The molecule has 106 valence electrons. The molecule has 2 unspecified atom stereocenters. The Labute approximate surface area is 116 Å². The van der Waals surface area contributed by atoms with E-state index in [0.29, 0.717) is 0 Å². The highest BCUT2D eigenvalue weighted by atomic mass is 16.6. The summed E-state index contributed by atoms with van der Waals surface area (Å²) in [6, 6.07) is 4.62. The summed E-state index contributed by atoms with van der Waals surface area (Å²) in [6.45, 7) is 11.0. The van der Waals surface area contributed by atoms with Crippen LogP contribution >= 0.6 is 0 Å². The molecule has 0 amide bonds. The van der Waals surface area contributed by atoms with Crippen molar-refractivity contribution in [3.63, 3.8) is 0 Å². The fraction of sp³-hybridized carbons (Fsp3) is 0.625. The molecule has 0 aliphatic carbocycles. The van der Waals surface area contributed by atoms with Gasteiger partial charge in [0.1, 0.15) is 11.9 Å². The lowest BCUT2D eigenvalue weighted by atomic mass is 9.83. The summed E-state index contributed by atoms with van der Waals surface area (Å²) in [5, 5.41) is 0. The summed E-state index contributed by atoms with van der Waals surface area (Å²) < 4.78 is 6.09. The zero-order valence-corrected chi connectivity index (χ0v) is 12.8. The van der Waals surface area contributed by atoms with Gasteiger partial charge in [-0.15, -0.1) is 0 Å². The van der Waals surface area contributed by atoms with Crippen molar-refractivity contribution >= 4 is 0 Å². The normalized spacial score (nSPS) is 22.2. The number of nitrogens with one attached hydrogen (secondary N) is 1. The van der Waals surface area contributed by atoms with Crippen molar-refractivity contribution in [1.29, 1.82) is 0 Å². The van der Waals surface area contributed by atoms with E-state index >= 15 is 0 Å².